The Kier molecular flexibility index (Phi) is 1.54. The van der Waals surface area contributed by atoms with Gasteiger partial charge in [-0.3, -0.25) is 0 Å². The zero-order valence-corrected chi connectivity index (χ0v) is 12.0. The normalized spacial score (nSPS) is 15.3. The van der Waals surface area contributed by atoms with Crippen LogP contribution in [0, 0.1) is 6.92 Å². The van der Waals surface area contributed by atoms with E-state index in [-0.39, 0.29) is 0 Å². The number of rotatable bonds is 0. The predicted molar refractivity (Wildman–Crippen MR) is 83.9 cm³/mol. The quantitative estimate of drug-likeness (QED) is 0.302. The lowest BCUT2D eigenvalue weighted by atomic mass is 9.95. The van der Waals surface area contributed by atoms with Gasteiger partial charge in [0, 0.05) is 28.3 Å². The SMILES string of the molecule is Cc1cc2c3c(c1)c1cccc4c1n1c(c[n+](c31)C2)CC4. The molecule has 2 aromatic carbocycles. The average Bonchev–Trinajstić information content (AvgIpc) is 3.01. The van der Waals surface area contributed by atoms with E-state index in [1.807, 2.05) is 0 Å². The van der Waals surface area contributed by atoms with Gasteiger partial charge in [-0.15, -0.1) is 0 Å². The predicted octanol–water partition coefficient (Wildman–Crippen LogP) is 3.30. The van der Waals surface area contributed by atoms with Gasteiger partial charge in [-0.05, 0) is 13.3 Å². The summed E-state index contributed by atoms with van der Waals surface area (Å²) >= 11 is 0. The lowest BCUT2D eigenvalue weighted by molar-refractivity contribution is -0.657. The first-order chi connectivity index (χ1) is 10.3. The van der Waals surface area contributed by atoms with Crippen LogP contribution in [0.5, 0.6) is 0 Å². The summed E-state index contributed by atoms with van der Waals surface area (Å²) in [6.45, 7) is 3.25. The minimum Gasteiger partial charge on any atom is -0.225 e. The summed E-state index contributed by atoms with van der Waals surface area (Å²) in [6, 6.07) is 11.6. The minimum atomic E-state index is 1.03. The summed E-state index contributed by atoms with van der Waals surface area (Å²) in [5.74, 6) is 0. The van der Waals surface area contributed by atoms with Crippen molar-refractivity contribution in [3.63, 3.8) is 0 Å². The third-order valence-electron chi connectivity index (χ3n) is 5.29. The van der Waals surface area contributed by atoms with Crippen molar-refractivity contribution in [2.24, 2.45) is 0 Å². The molecule has 0 saturated carbocycles. The fourth-order valence-electron chi connectivity index (χ4n) is 4.55. The van der Waals surface area contributed by atoms with Gasteiger partial charge in [0.1, 0.15) is 24.0 Å². The van der Waals surface area contributed by atoms with Crippen molar-refractivity contribution >= 4 is 27.3 Å². The van der Waals surface area contributed by atoms with E-state index in [4.69, 9.17) is 0 Å². The van der Waals surface area contributed by atoms with Crippen molar-refractivity contribution in [2.75, 3.05) is 0 Å². The zero-order chi connectivity index (χ0) is 13.7. The number of hydrogen-bond acceptors (Lipinski definition) is 0. The summed E-state index contributed by atoms with van der Waals surface area (Å²) in [5, 5.41) is 4.33. The Hall–Kier alpha value is -2.35. The molecule has 2 heteroatoms. The monoisotopic (exact) mass is 271 g/mol. The Bertz CT molecular complexity index is 1120. The second kappa shape index (κ2) is 3.11. The van der Waals surface area contributed by atoms with E-state index in [0.29, 0.717) is 0 Å². The first kappa shape index (κ1) is 10.4. The fraction of sp³-hybridized carbons (Fsp3) is 0.211. The smallest absolute Gasteiger partial charge is 0.225 e. The Morgan fingerprint density at radius 3 is 2.95 bits per heavy atom. The summed E-state index contributed by atoms with van der Waals surface area (Å²) in [6.07, 6.45) is 4.70. The van der Waals surface area contributed by atoms with E-state index in [1.165, 1.54) is 56.1 Å². The highest BCUT2D eigenvalue weighted by molar-refractivity contribution is 6.14. The van der Waals surface area contributed by atoms with Crippen LogP contribution in [0.1, 0.15) is 22.4 Å². The van der Waals surface area contributed by atoms with Crippen LogP contribution in [0.25, 0.3) is 27.3 Å². The number of aryl methyl sites for hydroxylation is 3. The van der Waals surface area contributed by atoms with Crippen LogP contribution in [0.2, 0.25) is 0 Å². The molecule has 0 saturated heterocycles. The number of hydrogen-bond donors (Lipinski definition) is 0. The molecule has 100 valence electrons. The Morgan fingerprint density at radius 1 is 1.05 bits per heavy atom. The highest BCUT2D eigenvalue weighted by Gasteiger charge is 2.32. The maximum atomic E-state index is 2.53. The molecule has 4 heterocycles. The van der Waals surface area contributed by atoms with Gasteiger partial charge < -0.3 is 0 Å². The molecule has 6 rings (SSSR count). The van der Waals surface area contributed by atoms with E-state index in [2.05, 4.69) is 52.4 Å². The molecule has 0 radical (unpaired) electrons. The molecule has 0 unspecified atom stereocenters. The Labute approximate surface area is 122 Å². The highest BCUT2D eigenvalue weighted by atomic mass is 15.1. The van der Waals surface area contributed by atoms with E-state index >= 15 is 0 Å². The molecule has 4 aromatic rings. The standard InChI is InChI=1S/C19H15N2/c1-11-7-13-9-20-10-14-6-5-12-3-2-4-15-16(8-11)17(13)19(20)21(14)18(12)15/h2-4,7-8,10H,5-6,9H2,1H3/q+1. The number of imidazole rings is 1. The van der Waals surface area contributed by atoms with Crippen LogP contribution in [-0.4, -0.2) is 4.40 Å². The largest absolute Gasteiger partial charge is 0.295 e. The molecule has 21 heavy (non-hydrogen) atoms. The zero-order valence-electron chi connectivity index (χ0n) is 12.0. The van der Waals surface area contributed by atoms with Gasteiger partial charge in [-0.25, -0.2) is 4.57 Å². The van der Waals surface area contributed by atoms with Crippen LogP contribution in [-0.2, 0) is 19.4 Å². The number of aromatic nitrogens is 2. The molecule has 0 fully saturated rings. The van der Waals surface area contributed by atoms with E-state index in [0.717, 1.165) is 13.0 Å². The van der Waals surface area contributed by atoms with Crippen molar-refractivity contribution in [1.82, 2.24) is 4.40 Å². The third-order valence-corrected chi connectivity index (χ3v) is 5.29. The molecular formula is C19H15N2+. The molecule has 2 aliphatic heterocycles. The highest BCUT2D eigenvalue weighted by Crippen LogP contribution is 2.38. The summed E-state index contributed by atoms with van der Waals surface area (Å²) in [4.78, 5) is 0. The lowest BCUT2D eigenvalue weighted by Crippen LogP contribution is -2.28. The van der Waals surface area contributed by atoms with Gasteiger partial charge in [0.2, 0.25) is 0 Å². The van der Waals surface area contributed by atoms with Gasteiger partial charge in [0.15, 0.2) is 0 Å². The van der Waals surface area contributed by atoms with Gasteiger partial charge >= 0.3 is 0 Å². The summed E-state index contributed by atoms with van der Waals surface area (Å²) < 4.78 is 4.98. The first-order valence-corrected chi connectivity index (χ1v) is 7.72. The van der Waals surface area contributed by atoms with E-state index < -0.39 is 0 Å². The number of para-hydroxylation sites is 1. The minimum absolute atomic E-state index is 1.03. The molecule has 0 amide bonds. The van der Waals surface area contributed by atoms with Crippen LogP contribution in [0.3, 0.4) is 0 Å². The molecular weight excluding hydrogens is 256 g/mol. The Balaban J connectivity index is 2.10. The van der Waals surface area contributed by atoms with E-state index in [1.54, 1.807) is 0 Å². The van der Waals surface area contributed by atoms with Crippen molar-refractivity contribution in [1.29, 1.82) is 0 Å². The van der Waals surface area contributed by atoms with Crippen molar-refractivity contribution < 1.29 is 4.57 Å². The molecule has 0 atom stereocenters. The maximum absolute atomic E-state index is 2.53. The lowest BCUT2D eigenvalue weighted by Gasteiger charge is -2.13. The number of fused-ring (bicyclic) bond motifs is 1. The average molecular weight is 271 g/mol. The van der Waals surface area contributed by atoms with Crippen molar-refractivity contribution in [2.45, 2.75) is 26.3 Å². The first-order valence-electron chi connectivity index (χ1n) is 7.72. The summed E-state index contributed by atoms with van der Waals surface area (Å²) in [5.41, 5.74) is 8.68. The van der Waals surface area contributed by atoms with Crippen LogP contribution >= 0.6 is 0 Å². The molecule has 2 nitrogen and oxygen atoms in total. The second-order valence-electron chi connectivity index (χ2n) is 6.57. The molecule has 0 aliphatic carbocycles. The molecule has 0 N–H and O–H groups in total. The van der Waals surface area contributed by atoms with E-state index in [9.17, 15) is 0 Å². The van der Waals surface area contributed by atoms with Gasteiger partial charge in [-0.1, -0.05) is 35.9 Å². The van der Waals surface area contributed by atoms with Crippen LogP contribution < -0.4 is 4.57 Å². The molecule has 0 bridgehead atoms. The fourth-order valence-corrected chi connectivity index (χ4v) is 4.55. The number of benzene rings is 2. The number of pyridine rings is 1. The van der Waals surface area contributed by atoms with Crippen LogP contribution in [0.15, 0.2) is 36.5 Å². The second-order valence-corrected chi connectivity index (χ2v) is 6.57. The number of nitrogens with zero attached hydrogens (tertiary/aromatic N) is 2. The van der Waals surface area contributed by atoms with Crippen LogP contribution in [0.4, 0.5) is 0 Å². The van der Waals surface area contributed by atoms with Crippen molar-refractivity contribution in [3.05, 3.63) is 58.9 Å². The molecule has 0 spiro atoms. The third kappa shape index (κ3) is 1.03. The summed E-state index contributed by atoms with van der Waals surface area (Å²) in [7, 11) is 0. The molecule has 2 aromatic heterocycles. The van der Waals surface area contributed by atoms with Gasteiger partial charge in [0.25, 0.3) is 5.65 Å². The van der Waals surface area contributed by atoms with Gasteiger partial charge in [-0.2, -0.15) is 4.40 Å². The van der Waals surface area contributed by atoms with Gasteiger partial charge in [0.05, 0.1) is 5.39 Å². The van der Waals surface area contributed by atoms with Crippen molar-refractivity contribution in [3.8, 4) is 0 Å². The molecule has 2 aliphatic rings. The Morgan fingerprint density at radius 2 is 2.00 bits per heavy atom. The maximum Gasteiger partial charge on any atom is 0.295 e. The topological polar surface area (TPSA) is 8.29 Å².